The predicted molar refractivity (Wildman–Crippen MR) is 105 cm³/mol. The van der Waals surface area contributed by atoms with Crippen LogP contribution in [0.25, 0.3) is 11.0 Å². The summed E-state index contributed by atoms with van der Waals surface area (Å²) >= 11 is 1.46. The molecule has 0 aliphatic heterocycles. The molecule has 0 saturated carbocycles. The first-order valence-electron chi connectivity index (χ1n) is 8.70. The molecule has 0 aliphatic carbocycles. The summed E-state index contributed by atoms with van der Waals surface area (Å²) in [7, 11) is 1.65. The van der Waals surface area contributed by atoms with Crippen molar-refractivity contribution in [3.63, 3.8) is 0 Å². The highest BCUT2D eigenvalue weighted by Gasteiger charge is 2.30. The van der Waals surface area contributed by atoms with Gasteiger partial charge in [-0.3, -0.25) is 4.79 Å². The lowest BCUT2D eigenvalue weighted by Crippen LogP contribution is -2.28. The van der Waals surface area contributed by atoms with Crippen molar-refractivity contribution >= 4 is 28.7 Å². The number of imidazole rings is 1. The molecule has 1 N–H and O–H groups in total. The van der Waals surface area contributed by atoms with E-state index in [9.17, 15) is 18.0 Å². The summed E-state index contributed by atoms with van der Waals surface area (Å²) in [5.41, 5.74) is 1.80. The quantitative estimate of drug-likeness (QED) is 0.623. The van der Waals surface area contributed by atoms with Gasteiger partial charge in [0.25, 0.3) is 0 Å². The molecule has 0 saturated heterocycles. The zero-order chi connectivity index (χ0) is 20.3. The molecule has 1 unspecified atom stereocenters. The molecule has 4 nitrogen and oxygen atoms in total. The van der Waals surface area contributed by atoms with Crippen LogP contribution in [-0.2, 0) is 17.5 Å². The topological polar surface area (TPSA) is 49.0 Å². The van der Waals surface area contributed by atoms with Crippen LogP contribution in [0.2, 0.25) is 0 Å². The van der Waals surface area contributed by atoms with E-state index in [0.29, 0.717) is 5.56 Å². The Morgan fingerprint density at radius 1 is 1.18 bits per heavy atom. The number of para-hydroxylation sites is 2. The number of nitrogens with zero attached hydrogens (tertiary/aromatic N) is 2. The molecule has 1 aromatic heterocycles. The summed E-state index contributed by atoms with van der Waals surface area (Å²) in [5, 5.41) is 0.0100. The maximum Gasteiger partial charge on any atom is 0.416 e. The van der Waals surface area contributed by atoms with Crippen LogP contribution in [0.1, 0.15) is 29.1 Å². The molecule has 1 amide bonds. The number of hydrogen-bond donors (Lipinski definition) is 1. The molecule has 0 spiro atoms. The van der Waals surface area contributed by atoms with Crippen molar-refractivity contribution in [3.8, 4) is 0 Å². The molecule has 3 aromatic rings. The number of benzene rings is 2. The van der Waals surface area contributed by atoms with Crippen LogP contribution in [0, 0.1) is 0 Å². The monoisotopic (exact) mass is 407 g/mol. The van der Waals surface area contributed by atoms with Crippen LogP contribution in [0.4, 0.5) is 13.2 Å². The summed E-state index contributed by atoms with van der Waals surface area (Å²) in [6.07, 6.45) is -4.36. The van der Waals surface area contributed by atoms with Gasteiger partial charge in [0.1, 0.15) is 5.82 Å². The fourth-order valence-electron chi connectivity index (χ4n) is 2.71. The first kappa shape index (κ1) is 20.3. The fourth-order valence-corrected chi connectivity index (χ4v) is 3.59. The normalized spacial score (nSPS) is 12.9. The van der Waals surface area contributed by atoms with Gasteiger partial charge in [-0.05, 0) is 36.8 Å². The van der Waals surface area contributed by atoms with E-state index in [1.807, 2.05) is 31.2 Å². The van der Waals surface area contributed by atoms with Gasteiger partial charge >= 0.3 is 6.18 Å². The van der Waals surface area contributed by atoms with E-state index in [2.05, 4.69) is 9.97 Å². The number of fused-ring (bicyclic) bond motifs is 1. The Labute approximate surface area is 165 Å². The number of hydrogen-bond acceptors (Lipinski definition) is 3. The second-order valence-corrected chi connectivity index (χ2v) is 7.87. The van der Waals surface area contributed by atoms with Gasteiger partial charge in [-0.1, -0.05) is 24.3 Å². The molecule has 8 heteroatoms. The minimum absolute atomic E-state index is 0.0100. The van der Waals surface area contributed by atoms with Crippen LogP contribution in [-0.4, -0.2) is 33.6 Å². The van der Waals surface area contributed by atoms with Crippen molar-refractivity contribution in [3.05, 3.63) is 65.5 Å². The first-order valence-corrected chi connectivity index (χ1v) is 9.75. The number of thioether (sulfide) groups is 1. The smallest absolute Gasteiger partial charge is 0.341 e. The van der Waals surface area contributed by atoms with Gasteiger partial charge in [-0.15, -0.1) is 11.8 Å². The van der Waals surface area contributed by atoms with E-state index < -0.39 is 11.7 Å². The predicted octanol–water partition coefficient (Wildman–Crippen LogP) is 5.03. The first-order chi connectivity index (χ1) is 13.2. The number of rotatable bonds is 6. The number of H-pyrrole nitrogens is 1. The highest BCUT2D eigenvalue weighted by atomic mass is 32.2. The molecule has 2 aromatic carbocycles. The lowest BCUT2D eigenvalue weighted by Gasteiger charge is -2.18. The highest BCUT2D eigenvalue weighted by molar-refractivity contribution is 8.00. The van der Waals surface area contributed by atoms with Gasteiger partial charge in [0.2, 0.25) is 5.91 Å². The van der Waals surface area contributed by atoms with Crippen molar-refractivity contribution in [2.75, 3.05) is 12.8 Å². The molecule has 1 atom stereocenters. The third-order valence-electron chi connectivity index (χ3n) is 4.38. The Bertz CT molecular complexity index is 920. The van der Waals surface area contributed by atoms with Crippen molar-refractivity contribution in [1.29, 1.82) is 0 Å². The van der Waals surface area contributed by atoms with Gasteiger partial charge in [-0.25, -0.2) is 4.98 Å². The molecule has 0 radical (unpaired) electrons. The minimum Gasteiger partial charge on any atom is -0.341 e. The van der Waals surface area contributed by atoms with Gasteiger partial charge in [-0.2, -0.15) is 13.2 Å². The number of alkyl halides is 3. The van der Waals surface area contributed by atoms with E-state index in [1.54, 1.807) is 7.05 Å². The van der Waals surface area contributed by atoms with Crippen LogP contribution in [0.5, 0.6) is 0 Å². The number of aromatic amines is 1. The maximum atomic E-state index is 12.6. The van der Waals surface area contributed by atoms with Crippen molar-refractivity contribution in [2.24, 2.45) is 0 Å². The van der Waals surface area contributed by atoms with Crippen molar-refractivity contribution < 1.29 is 18.0 Å². The van der Waals surface area contributed by atoms with Crippen LogP contribution in [0.3, 0.4) is 0 Å². The number of carbonyl (C=O) groups is 1. The number of amides is 1. The van der Waals surface area contributed by atoms with Crippen LogP contribution < -0.4 is 0 Å². The second kappa shape index (κ2) is 8.26. The average Bonchev–Trinajstić information content (AvgIpc) is 3.09. The SMILES string of the molecule is CC(SCC(=O)N(C)Cc1ccc(C(F)(F)F)cc1)c1nc2ccccc2[nH]1. The van der Waals surface area contributed by atoms with Crippen molar-refractivity contribution in [2.45, 2.75) is 24.9 Å². The molecule has 3 rings (SSSR count). The largest absolute Gasteiger partial charge is 0.416 e. The van der Waals surface area contributed by atoms with Crippen LogP contribution in [0.15, 0.2) is 48.5 Å². The number of nitrogens with one attached hydrogen (secondary N) is 1. The molecular weight excluding hydrogens is 387 g/mol. The molecule has 148 valence electrons. The molecule has 0 aliphatic rings. The summed E-state index contributed by atoms with van der Waals surface area (Å²) in [4.78, 5) is 21.7. The summed E-state index contributed by atoms with van der Waals surface area (Å²) < 4.78 is 37.9. The van der Waals surface area contributed by atoms with Gasteiger partial charge < -0.3 is 9.88 Å². The Kier molecular flexibility index (Phi) is 5.98. The molecule has 0 fully saturated rings. The van der Waals surface area contributed by atoms with E-state index in [0.717, 1.165) is 29.0 Å². The number of carbonyl (C=O) groups excluding carboxylic acids is 1. The molecule has 28 heavy (non-hydrogen) atoms. The summed E-state index contributed by atoms with van der Waals surface area (Å²) in [6.45, 7) is 2.24. The van der Waals surface area contributed by atoms with E-state index in [4.69, 9.17) is 0 Å². The Hall–Kier alpha value is -2.48. The van der Waals surface area contributed by atoms with Gasteiger partial charge in [0.15, 0.2) is 0 Å². The number of aromatic nitrogens is 2. The third kappa shape index (κ3) is 4.86. The average molecular weight is 407 g/mol. The lowest BCUT2D eigenvalue weighted by atomic mass is 10.1. The van der Waals surface area contributed by atoms with Crippen molar-refractivity contribution in [1.82, 2.24) is 14.9 Å². The molecule has 0 bridgehead atoms. The van der Waals surface area contributed by atoms with Gasteiger partial charge in [0.05, 0.1) is 27.6 Å². The fraction of sp³-hybridized carbons (Fsp3) is 0.300. The number of halogens is 3. The van der Waals surface area contributed by atoms with E-state index in [-0.39, 0.29) is 23.5 Å². The van der Waals surface area contributed by atoms with E-state index in [1.165, 1.54) is 28.8 Å². The Balaban J connectivity index is 1.53. The highest BCUT2D eigenvalue weighted by Crippen LogP contribution is 2.30. The van der Waals surface area contributed by atoms with Gasteiger partial charge in [0, 0.05) is 13.6 Å². The van der Waals surface area contributed by atoms with Crippen LogP contribution >= 0.6 is 11.8 Å². The Morgan fingerprint density at radius 3 is 2.50 bits per heavy atom. The minimum atomic E-state index is -4.36. The van der Waals surface area contributed by atoms with E-state index >= 15 is 0 Å². The third-order valence-corrected chi connectivity index (χ3v) is 5.51. The maximum absolute atomic E-state index is 12.6. The standard InChI is InChI=1S/C20H20F3N3OS/c1-13(19-24-16-5-3-4-6-17(16)25-19)28-12-18(27)26(2)11-14-7-9-15(10-8-14)20(21,22)23/h3-10,13H,11-12H2,1-2H3,(H,24,25). The molecule has 1 heterocycles. The Morgan fingerprint density at radius 2 is 1.86 bits per heavy atom. The zero-order valence-corrected chi connectivity index (χ0v) is 16.3. The molecular formula is C20H20F3N3OS. The summed E-state index contributed by atoms with van der Waals surface area (Å²) in [5.74, 6) is 0.979. The summed E-state index contributed by atoms with van der Waals surface area (Å²) in [6, 6.07) is 12.6. The second-order valence-electron chi connectivity index (χ2n) is 6.54. The zero-order valence-electron chi connectivity index (χ0n) is 15.5. The lowest BCUT2D eigenvalue weighted by molar-refractivity contribution is -0.137.